The molecular weight excluding hydrogens is 425 g/mol. The topological polar surface area (TPSA) is 100 Å². The zero-order chi connectivity index (χ0) is 23.2. The summed E-state index contributed by atoms with van der Waals surface area (Å²) >= 11 is 0. The molecule has 3 amide bonds. The number of nitrogens with one attached hydrogen (secondary N) is 2. The number of carbonyl (C=O) groups excluding carboxylic acids is 2. The first-order valence-electron chi connectivity index (χ1n) is 11.0. The molecule has 0 aliphatic carbocycles. The van der Waals surface area contributed by atoms with Crippen LogP contribution in [-0.2, 0) is 11.3 Å². The third kappa shape index (κ3) is 5.81. The molecule has 2 atom stereocenters. The molecule has 1 saturated heterocycles. The highest BCUT2D eigenvalue weighted by molar-refractivity contribution is 5.96. The number of benzene rings is 2. The van der Waals surface area contributed by atoms with Gasteiger partial charge in [-0.05, 0) is 56.1 Å². The van der Waals surface area contributed by atoms with Gasteiger partial charge in [0.05, 0.1) is 12.0 Å². The lowest BCUT2D eigenvalue weighted by Crippen LogP contribution is -2.51. The molecule has 2 aromatic carbocycles. The number of halogens is 1. The van der Waals surface area contributed by atoms with Gasteiger partial charge in [-0.25, -0.2) is 9.18 Å². The Morgan fingerprint density at radius 1 is 1.18 bits per heavy atom. The van der Waals surface area contributed by atoms with Crippen molar-refractivity contribution >= 4 is 11.9 Å². The number of piperidine rings is 1. The number of imide groups is 1. The van der Waals surface area contributed by atoms with Gasteiger partial charge < -0.3 is 9.84 Å². The number of aromatic nitrogens is 2. The minimum Gasteiger partial charge on any atom is -0.339 e. The number of rotatable bonds is 6. The normalized spacial score (nSPS) is 17.3. The molecule has 0 spiro atoms. The molecule has 0 radical (unpaired) electrons. The Hall–Kier alpha value is -3.59. The van der Waals surface area contributed by atoms with Gasteiger partial charge >= 0.3 is 6.03 Å². The molecule has 8 nitrogen and oxygen atoms in total. The summed E-state index contributed by atoms with van der Waals surface area (Å²) in [6.07, 6.45) is 1.71. The lowest BCUT2D eigenvalue weighted by molar-refractivity contribution is -0.125. The molecule has 1 aromatic heterocycles. The fraction of sp³-hybridized carbons (Fsp3) is 0.333. The first-order chi connectivity index (χ1) is 16.0. The Kier molecular flexibility index (Phi) is 7.09. The SMILES string of the molecule is CC(C(=O)NC(=O)NCc1ccccc1)N1CCCC(c2nc(-c3ccc(F)cc3)no2)C1. The second-order valence-electron chi connectivity index (χ2n) is 8.13. The van der Waals surface area contributed by atoms with Crippen LogP contribution in [0.3, 0.4) is 0 Å². The maximum Gasteiger partial charge on any atom is 0.321 e. The molecule has 2 unspecified atom stereocenters. The van der Waals surface area contributed by atoms with Crippen LogP contribution in [0.1, 0.15) is 37.1 Å². The van der Waals surface area contributed by atoms with Crippen molar-refractivity contribution in [2.45, 2.75) is 38.3 Å². The smallest absolute Gasteiger partial charge is 0.321 e. The van der Waals surface area contributed by atoms with Crippen LogP contribution in [-0.4, -0.2) is 46.1 Å². The summed E-state index contributed by atoms with van der Waals surface area (Å²) in [6, 6.07) is 14.4. The Morgan fingerprint density at radius 3 is 2.70 bits per heavy atom. The molecule has 172 valence electrons. The van der Waals surface area contributed by atoms with E-state index >= 15 is 0 Å². The molecule has 33 heavy (non-hydrogen) atoms. The average Bonchev–Trinajstić information content (AvgIpc) is 3.34. The summed E-state index contributed by atoms with van der Waals surface area (Å²) < 4.78 is 18.6. The Morgan fingerprint density at radius 2 is 1.94 bits per heavy atom. The van der Waals surface area contributed by atoms with E-state index in [9.17, 15) is 14.0 Å². The van der Waals surface area contributed by atoms with Gasteiger partial charge in [-0.15, -0.1) is 0 Å². The van der Waals surface area contributed by atoms with Crippen LogP contribution < -0.4 is 10.6 Å². The number of likely N-dealkylation sites (tertiary alicyclic amines) is 1. The highest BCUT2D eigenvalue weighted by atomic mass is 19.1. The van der Waals surface area contributed by atoms with E-state index in [0.29, 0.717) is 30.4 Å². The van der Waals surface area contributed by atoms with Crippen molar-refractivity contribution < 1.29 is 18.5 Å². The van der Waals surface area contributed by atoms with Crippen LogP contribution in [0.2, 0.25) is 0 Å². The minimum atomic E-state index is -0.523. The number of urea groups is 1. The third-order valence-electron chi connectivity index (χ3n) is 5.81. The van der Waals surface area contributed by atoms with Gasteiger partial charge in [0.15, 0.2) is 0 Å². The standard InChI is InChI=1S/C24H26FN5O3/c1-16(22(31)28-24(32)26-14-17-6-3-2-4-7-17)30-13-5-8-19(15-30)23-27-21(29-33-23)18-9-11-20(25)12-10-18/h2-4,6-7,9-12,16,19H,5,8,13-15H2,1H3,(H2,26,28,31,32). The van der Waals surface area contributed by atoms with Crippen LogP contribution in [0.5, 0.6) is 0 Å². The summed E-state index contributed by atoms with van der Waals surface area (Å²) in [5.41, 5.74) is 1.62. The summed E-state index contributed by atoms with van der Waals surface area (Å²) in [6.45, 7) is 3.41. The molecule has 1 fully saturated rings. The summed E-state index contributed by atoms with van der Waals surface area (Å²) in [5.74, 6) is 0.183. The van der Waals surface area contributed by atoms with E-state index in [1.807, 2.05) is 35.2 Å². The molecule has 0 saturated carbocycles. The van der Waals surface area contributed by atoms with Gasteiger partial charge in [0, 0.05) is 18.7 Å². The third-order valence-corrected chi connectivity index (χ3v) is 5.81. The predicted molar refractivity (Wildman–Crippen MR) is 120 cm³/mol. The zero-order valence-corrected chi connectivity index (χ0v) is 18.3. The molecule has 3 aromatic rings. The lowest BCUT2D eigenvalue weighted by Gasteiger charge is -2.34. The monoisotopic (exact) mass is 451 g/mol. The van der Waals surface area contributed by atoms with Crippen LogP contribution in [0.25, 0.3) is 11.4 Å². The number of hydrogen-bond acceptors (Lipinski definition) is 6. The van der Waals surface area contributed by atoms with Crippen molar-refractivity contribution in [3.8, 4) is 11.4 Å². The van der Waals surface area contributed by atoms with Crippen molar-refractivity contribution in [3.63, 3.8) is 0 Å². The van der Waals surface area contributed by atoms with Gasteiger partial charge in [0.25, 0.3) is 0 Å². The van der Waals surface area contributed by atoms with Crippen molar-refractivity contribution in [1.82, 2.24) is 25.7 Å². The maximum atomic E-state index is 13.2. The summed E-state index contributed by atoms with van der Waals surface area (Å²) in [7, 11) is 0. The van der Waals surface area contributed by atoms with Crippen molar-refractivity contribution in [2.75, 3.05) is 13.1 Å². The van der Waals surface area contributed by atoms with E-state index in [-0.39, 0.29) is 17.6 Å². The van der Waals surface area contributed by atoms with Crippen LogP contribution >= 0.6 is 0 Å². The van der Waals surface area contributed by atoms with Crippen LogP contribution in [0.4, 0.5) is 9.18 Å². The maximum absolute atomic E-state index is 13.2. The fourth-order valence-corrected chi connectivity index (χ4v) is 3.88. The van der Waals surface area contributed by atoms with Crippen molar-refractivity contribution in [3.05, 3.63) is 71.9 Å². The van der Waals surface area contributed by atoms with Gasteiger partial charge in [0.1, 0.15) is 5.82 Å². The van der Waals surface area contributed by atoms with Crippen LogP contribution in [0, 0.1) is 5.82 Å². The molecule has 1 aliphatic rings. The molecule has 4 rings (SSSR count). The Labute approximate surface area is 191 Å². The van der Waals surface area contributed by atoms with Crippen LogP contribution in [0.15, 0.2) is 59.1 Å². The minimum absolute atomic E-state index is 0.0254. The number of nitrogens with zero attached hydrogens (tertiary/aromatic N) is 3. The van der Waals surface area contributed by atoms with E-state index in [0.717, 1.165) is 24.9 Å². The first-order valence-corrected chi connectivity index (χ1v) is 11.0. The fourth-order valence-electron chi connectivity index (χ4n) is 3.88. The number of carbonyl (C=O) groups is 2. The molecular formula is C24H26FN5O3. The van der Waals surface area contributed by atoms with E-state index in [2.05, 4.69) is 20.8 Å². The van der Waals surface area contributed by atoms with Gasteiger partial charge in [-0.1, -0.05) is 35.5 Å². The van der Waals surface area contributed by atoms with E-state index in [1.165, 1.54) is 12.1 Å². The Balaban J connectivity index is 1.31. The first kappa shape index (κ1) is 22.6. The van der Waals surface area contributed by atoms with E-state index < -0.39 is 12.1 Å². The predicted octanol–water partition coefficient (Wildman–Crippen LogP) is 3.47. The van der Waals surface area contributed by atoms with E-state index in [1.54, 1.807) is 19.1 Å². The highest BCUT2D eigenvalue weighted by Crippen LogP contribution is 2.28. The zero-order valence-electron chi connectivity index (χ0n) is 18.3. The van der Waals surface area contributed by atoms with Gasteiger partial charge in [-0.2, -0.15) is 4.98 Å². The van der Waals surface area contributed by atoms with Crippen molar-refractivity contribution in [1.29, 1.82) is 0 Å². The molecule has 2 heterocycles. The number of hydrogen-bond donors (Lipinski definition) is 2. The lowest BCUT2D eigenvalue weighted by atomic mass is 9.96. The Bertz CT molecular complexity index is 1090. The largest absolute Gasteiger partial charge is 0.339 e. The number of amides is 3. The molecule has 9 heteroatoms. The second kappa shape index (κ2) is 10.4. The average molecular weight is 452 g/mol. The van der Waals surface area contributed by atoms with E-state index in [4.69, 9.17) is 4.52 Å². The quantitative estimate of drug-likeness (QED) is 0.595. The molecule has 2 N–H and O–H groups in total. The summed E-state index contributed by atoms with van der Waals surface area (Å²) in [5, 5.41) is 9.14. The second-order valence-corrected chi connectivity index (χ2v) is 8.13. The van der Waals surface area contributed by atoms with Gasteiger partial charge in [-0.3, -0.25) is 15.0 Å². The molecule has 0 bridgehead atoms. The molecule has 1 aliphatic heterocycles. The van der Waals surface area contributed by atoms with Crippen molar-refractivity contribution in [2.24, 2.45) is 0 Å². The van der Waals surface area contributed by atoms with Gasteiger partial charge in [0.2, 0.25) is 17.6 Å². The highest BCUT2D eigenvalue weighted by Gasteiger charge is 2.31. The summed E-state index contributed by atoms with van der Waals surface area (Å²) in [4.78, 5) is 31.3.